The minimum Gasteiger partial charge on any atom is -0.478 e. The van der Waals surface area contributed by atoms with Crippen molar-refractivity contribution in [1.29, 1.82) is 0 Å². The van der Waals surface area contributed by atoms with Crippen LogP contribution in [-0.4, -0.2) is 27.1 Å². The molecule has 0 aliphatic carbocycles. The van der Waals surface area contributed by atoms with Crippen molar-refractivity contribution in [3.8, 4) is 0 Å². The van der Waals surface area contributed by atoms with E-state index >= 15 is 0 Å². The second kappa shape index (κ2) is 4.36. The third-order valence-corrected chi connectivity index (χ3v) is 1.74. The van der Waals surface area contributed by atoms with E-state index < -0.39 is 17.6 Å². The lowest BCUT2D eigenvalue weighted by Gasteiger charge is -2.02. The Morgan fingerprint density at radius 3 is 2.47 bits per heavy atom. The molecule has 0 amide bonds. The first-order chi connectivity index (χ1) is 7.06. The van der Waals surface area contributed by atoms with Crippen LogP contribution < -0.4 is 0 Å². The highest BCUT2D eigenvalue weighted by Gasteiger charge is 2.17. The molecule has 0 saturated carbocycles. The number of carbonyl (C=O) groups is 2. The lowest BCUT2D eigenvalue weighted by atomic mass is 10.1. The molecular formula is C10H9NO4. The fraction of sp³-hybridized carbons (Fsp3) is 0.100. The molecule has 0 spiro atoms. The van der Waals surface area contributed by atoms with Crippen LogP contribution in [0, 0.1) is 0 Å². The zero-order valence-corrected chi connectivity index (χ0v) is 7.80. The summed E-state index contributed by atoms with van der Waals surface area (Å²) in [5.41, 5.74) is -0.274. The minimum absolute atomic E-state index is 0.310. The van der Waals surface area contributed by atoms with Crippen molar-refractivity contribution < 1.29 is 19.8 Å². The maximum Gasteiger partial charge on any atom is 0.355 e. The maximum atomic E-state index is 10.7. The third-order valence-electron chi connectivity index (χ3n) is 1.74. The van der Waals surface area contributed by atoms with Crippen molar-refractivity contribution in [2.24, 2.45) is 0 Å². The average molecular weight is 207 g/mol. The molecule has 0 unspecified atom stereocenters. The molecule has 1 rings (SSSR count). The molecule has 0 aliphatic heterocycles. The predicted molar refractivity (Wildman–Crippen MR) is 52.1 cm³/mol. The average Bonchev–Trinajstić information content (AvgIpc) is 2.17. The van der Waals surface area contributed by atoms with Crippen molar-refractivity contribution >= 4 is 11.9 Å². The topological polar surface area (TPSA) is 87.5 Å². The van der Waals surface area contributed by atoms with E-state index in [2.05, 4.69) is 11.6 Å². The number of carboxylic acid groups (broad SMARTS) is 2. The zero-order chi connectivity index (χ0) is 11.4. The van der Waals surface area contributed by atoms with E-state index in [1.54, 1.807) is 6.08 Å². The Labute approximate surface area is 85.7 Å². The highest BCUT2D eigenvalue weighted by Crippen LogP contribution is 2.09. The lowest BCUT2D eigenvalue weighted by Crippen LogP contribution is -2.11. The van der Waals surface area contributed by atoms with Gasteiger partial charge in [0.05, 0.1) is 5.56 Å². The van der Waals surface area contributed by atoms with Gasteiger partial charge in [-0.3, -0.25) is 0 Å². The van der Waals surface area contributed by atoms with Crippen LogP contribution >= 0.6 is 0 Å². The Hall–Kier alpha value is -2.17. The third kappa shape index (κ3) is 2.40. The van der Waals surface area contributed by atoms with Crippen molar-refractivity contribution in [2.75, 3.05) is 0 Å². The van der Waals surface area contributed by atoms with E-state index in [-0.39, 0.29) is 5.56 Å². The first-order valence-electron chi connectivity index (χ1n) is 4.13. The van der Waals surface area contributed by atoms with Gasteiger partial charge in [0.2, 0.25) is 0 Å². The smallest absolute Gasteiger partial charge is 0.355 e. The van der Waals surface area contributed by atoms with Gasteiger partial charge in [-0.05, 0) is 12.1 Å². The molecule has 2 N–H and O–H groups in total. The van der Waals surface area contributed by atoms with Crippen LogP contribution in [-0.2, 0) is 6.42 Å². The number of aromatic nitrogens is 1. The summed E-state index contributed by atoms with van der Waals surface area (Å²) in [5.74, 6) is -2.65. The number of hydrogen-bond acceptors (Lipinski definition) is 3. The maximum absolute atomic E-state index is 10.7. The SMILES string of the molecule is C=CCc1ccc(C(=O)O)c(C(=O)O)n1. The molecule has 0 radical (unpaired) electrons. The molecule has 0 aliphatic rings. The fourth-order valence-electron chi connectivity index (χ4n) is 1.10. The summed E-state index contributed by atoms with van der Waals surface area (Å²) >= 11 is 0. The van der Waals surface area contributed by atoms with E-state index in [4.69, 9.17) is 10.2 Å². The molecule has 0 fully saturated rings. The number of hydrogen-bond donors (Lipinski definition) is 2. The summed E-state index contributed by atoms with van der Waals surface area (Å²) in [6, 6.07) is 2.70. The van der Waals surface area contributed by atoms with Gasteiger partial charge in [0.25, 0.3) is 0 Å². The summed E-state index contributed by atoms with van der Waals surface area (Å²) in [4.78, 5) is 25.1. The van der Waals surface area contributed by atoms with Crippen LogP contribution in [0.4, 0.5) is 0 Å². The van der Waals surface area contributed by atoms with Gasteiger partial charge in [-0.25, -0.2) is 14.6 Å². The Bertz CT molecular complexity index is 425. The summed E-state index contributed by atoms with van der Waals surface area (Å²) in [5, 5.41) is 17.5. The molecule has 1 aromatic heterocycles. The Balaban J connectivity index is 3.26. The van der Waals surface area contributed by atoms with Crippen LogP contribution in [0.15, 0.2) is 24.8 Å². The van der Waals surface area contributed by atoms with E-state index in [1.165, 1.54) is 12.1 Å². The van der Waals surface area contributed by atoms with Crippen LogP contribution in [0.5, 0.6) is 0 Å². The molecule has 5 heteroatoms. The molecule has 0 saturated heterocycles. The largest absolute Gasteiger partial charge is 0.478 e. The van der Waals surface area contributed by atoms with E-state index in [0.29, 0.717) is 12.1 Å². The van der Waals surface area contributed by atoms with Crippen molar-refractivity contribution in [1.82, 2.24) is 4.98 Å². The van der Waals surface area contributed by atoms with Crippen molar-refractivity contribution in [3.05, 3.63) is 41.7 Å². The van der Waals surface area contributed by atoms with Crippen molar-refractivity contribution in [2.45, 2.75) is 6.42 Å². The fourth-order valence-corrected chi connectivity index (χ4v) is 1.10. The predicted octanol–water partition coefficient (Wildman–Crippen LogP) is 1.21. The second-order valence-electron chi connectivity index (χ2n) is 2.80. The number of carboxylic acids is 2. The van der Waals surface area contributed by atoms with E-state index in [9.17, 15) is 9.59 Å². The lowest BCUT2D eigenvalue weighted by molar-refractivity contribution is 0.0646. The van der Waals surface area contributed by atoms with Gasteiger partial charge in [-0.15, -0.1) is 6.58 Å². The number of aromatic carboxylic acids is 2. The van der Waals surface area contributed by atoms with Gasteiger partial charge in [0.1, 0.15) is 0 Å². The number of pyridine rings is 1. The van der Waals surface area contributed by atoms with Gasteiger partial charge < -0.3 is 10.2 Å². The van der Waals surface area contributed by atoms with Crippen LogP contribution in [0.25, 0.3) is 0 Å². The summed E-state index contributed by atoms with van der Waals surface area (Å²) in [6.45, 7) is 3.48. The standard InChI is InChI=1S/C10H9NO4/c1-2-3-6-4-5-7(9(12)13)8(11-6)10(14)15/h2,4-5H,1,3H2,(H,12,13)(H,14,15). The van der Waals surface area contributed by atoms with Gasteiger partial charge in [-0.2, -0.15) is 0 Å². The molecule has 1 aromatic rings. The molecule has 5 nitrogen and oxygen atoms in total. The van der Waals surface area contributed by atoms with E-state index in [0.717, 1.165) is 0 Å². The summed E-state index contributed by atoms with van der Waals surface area (Å²) in [7, 11) is 0. The van der Waals surface area contributed by atoms with Crippen molar-refractivity contribution in [3.63, 3.8) is 0 Å². The van der Waals surface area contributed by atoms with Crippen LogP contribution in [0.1, 0.15) is 26.5 Å². The Kier molecular flexibility index (Phi) is 3.17. The summed E-state index contributed by atoms with van der Waals surface area (Å²) in [6.07, 6.45) is 1.97. The number of allylic oxidation sites excluding steroid dienone is 1. The minimum atomic E-state index is -1.35. The molecule has 0 aromatic carbocycles. The quantitative estimate of drug-likeness (QED) is 0.724. The Morgan fingerprint density at radius 2 is 2.00 bits per heavy atom. The highest BCUT2D eigenvalue weighted by atomic mass is 16.4. The Morgan fingerprint density at radius 1 is 1.33 bits per heavy atom. The van der Waals surface area contributed by atoms with Gasteiger partial charge in [0, 0.05) is 12.1 Å². The van der Waals surface area contributed by atoms with Crippen LogP contribution in [0.2, 0.25) is 0 Å². The second-order valence-corrected chi connectivity index (χ2v) is 2.80. The van der Waals surface area contributed by atoms with Gasteiger partial charge in [-0.1, -0.05) is 6.08 Å². The molecule has 0 bridgehead atoms. The zero-order valence-electron chi connectivity index (χ0n) is 7.80. The van der Waals surface area contributed by atoms with Gasteiger partial charge >= 0.3 is 11.9 Å². The van der Waals surface area contributed by atoms with Crippen LogP contribution in [0.3, 0.4) is 0 Å². The summed E-state index contributed by atoms with van der Waals surface area (Å²) < 4.78 is 0. The highest BCUT2D eigenvalue weighted by molar-refractivity contribution is 6.00. The first-order valence-corrected chi connectivity index (χ1v) is 4.13. The normalized spacial score (nSPS) is 9.60. The molecule has 1 heterocycles. The molecular weight excluding hydrogens is 198 g/mol. The molecule has 15 heavy (non-hydrogen) atoms. The van der Waals surface area contributed by atoms with Gasteiger partial charge in [0.15, 0.2) is 5.69 Å². The number of nitrogens with zero attached hydrogens (tertiary/aromatic N) is 1. The molecule has 78 valence electrons. The number of rotatable bonds is 4. The molecule has 0 atom stereocenters. The monoisotopic (exact) mass is 207 g/mol. The first kappa shape index (κ1) is 10.9. The van der Waals surface area contributed by atoms with E-state index in [1.807, 2.05) is 0 Å².